The zero-order valence-corrected chi connectivity index (χ0v) is 14.2. The fraction of sp³-hybridized carbons (Fsp3) is 0.467. The summed E-state index contributed by atoms with van der Waals surface area (Å²) in [6.07, 6.45) is 0.122. The third-order valence-corrected chi connectivity index (χ3v) is 3.37. The number of benzene rings is 1. The number of carboxylic acids is 1. The molecule has 7 heteroatoms. The second-order valence-electron chi connectivity index (χ2n) is 5.74. The summed E-state index contributed by atoms with van der Waals surface area (Å²) in [7, 11) is 0. The Balaban J connectivity index is 2.68. The number of rotatable bonds is 6. The third-order valence-electron chi connectivity index (χ3n) is 2.73. The molecule has 0 spiro atoms. The molecule has 5 nitrogen and oxygen atoms in total. The first-order valence-corrected chi connectivity index (χ1v) is 7.52. The molecule has 0 saturated heterocycles. The molecule has 0 heterocycles. The summed E-state index contributed by atoms with van der Waals surface area (Å²) >= 11 is 2.99. The van der Waals surface area contributed by atoms with Gasteiger partial charge >= 0.3 is 5.97 Å². The number of carboxylic acid groups (broad SMARTS) is 1. The van der Waals surface area contributed by atoms with Gasteiger partial charge in [-0.2, -0.15) is 0 Å². The molecule has 122 valence electrons. The molecule has 1 aromatic rings. The van der Waals surface area contributed by atoms with Gasteiger partial charge < -0.3 is 15.2 Å². The predicted molar refractivity (Wildman–Crippen MR) is 83.3 cm³/mol. The number of carbonyl (C=O) groups is 2. The van der Waals surface area contributed by atoms with Crippen molar-refractivity contribution in [1.29, 1.82) is 0 Å². The Morgan fingerprint density at radius 3 is 2.55 bits per heavy atom. The predicted octanol–water partition coefficient (Wildman–Crippen LogP) is 2.98. The van der Waals surface area contributed by atoms with E-state index in [-0.39, 0.29) is 28.7 Å². The number of aliphatic carboxylic acids is 1. The van der Waals surface area contributed by atoms with Crippen molar-refractivity contribution in [3.8, 4) is 0 Å². The highest BCUT2D eigenvalue weighted by Crippen LogP contribution is 2.16. The van der Waals surface area contributed by atoms with Crippen molar-refractivity contribution < 1.29 is 23.8 Å². The number of amides is 1. The minimum Gasteiger partial charge on any atom is -0.480 e. The van der Waals surface area contributed by atoms with E-state index >= 15 is 0 Å². The lowest BCUT2D eigenvalue weighted by atomic mass is 10.1. The zero-order chi connectivity index (χ0) is 16.9. The van der Waals surface area contributed by atoms with Crippen LogP contribution in [0.4, 0.5) is 4.39 Å². The number of halogens is 2. The molecule has 1 rings (SSSR count). The highest BCUT2D eigenvalue weighted by atomic mass is 79.9. The average molecular weight is 376 g/mol. The van der Waals surface area contributed by atoms with Crippen LogP contribution in [0, 0.1) is 5.82 Å². The highest BCUT2D eigenvalue weighted by Gasteiger charge is 2.22. The van der Waals surface area contributed by atoms with E-state index < -0.39 is 23.7 Å². The Morgan fingerprint density at radius 2 is 2.05 bits per heavy atom. The van der Waals surface area contributed by atoms with E-state index in [4.69, 9.17) is 9.84 Å². The molecule has 0 fully saturated rings. The minimum absolute atomic E-state index is 0.0590. The van der Waals surface area contributed by atoms with Crippen molar-refractivity contribution in [1.82, 2.24) is 5.32 Å². The molecule has 0 aliphatic heterocycles. The number of carbonyl (C=O) groups excluding carboxylic acids is 1. The SMILES string of the molecule is CC(C)(C)OCCC(NC(=O)c1ccc(Br)c(F)c1)C(=O)O. The molecule has 1 amide bonds. The highest BCUT2D eigenvalue weighted by molar-refractivity contribution is 9.10. The molecule has 0 bridgehead atoms. The van der Waals surface area contributed by atoms with Crippen molar-refractivity contribution in [2.45, 2.75) is 38.8 Å². The van der Waals surface area contributed by atoms with E-state index in [2.05, 4.69) is 21.2 Å². The smallest absolute Gasteiger partial charge is 0.326 e. The molecule has 22 heavy (non-hydrogen) atoms. The zero-order valence-electron chi connectivity index (χ0n) is 12.7. The second-order valence-corrected chi connectivity index (χ2v) is 6.60. The summed E-state index contributed by atoms with van der Waals surface area (Å²) < 4.78 is 19.1. The maximum atomic E-state index is 13.4. The Bertz CT molecular complexity index is 557. The first kappa shape index (κ1) is 18.6. The first-order chi connectivity index (χ1) is 10.1. The normalized spacial score (nSPS) is 12.8. The third kappa shape index (κ3) is 6.11. The van der Waals surface area contributed by atoms with Crippen LogP contribution in [0.15, 0.2) is 22.7 Å². The van der Waals surface area contributed by atoms with Gasteiger partial charge in [-0.3, -0.25) is 4.79 Å². The summed E-state index contributed by atoms with van der Waals surface area (Å²) in [6, 6.07) is 2.75. The van der Waals surface area contributed by atoms with Crippen molar-refractivity contribution in [2.24, 2.45) is 0 Å². The van der Waals surface area contributed by atoms with E-state index in [1.165, 1.54) is 12.1 Å². The van der Waals surface area contributed by atoms with Gasteiger partial charge in [0.1, 0.15) is 11.9 Å². The summed E-state index contributed by atoms with van der Waals surface area (Å²) in [4.78, 5) is 23.2. The van der Waals surface area contributed by atoms with Crippen LogP contribution >= 0.6 is 15.9 Å². The van der Waals surface area contributed by atoms with Crippen molar-refractivity contribution in [3.05, 3.63) is 34.1 Å². The van der Waals surface area contributed by atoms with Crippen LogP contribution in [0.5, 0.6) is 0 Å². The molecular formula is C15H19BrFNO4. The van der Waals surface area contributed by atoms with Crippen molar-refractivity contribution in [2.75, 3.05) is 6.61 Å². The van der Waals surface area contributed by atoms with E-state index in [1.54, 1.807) is 0 Å². The molecule has 0 aliphatic rings. The first-order valence-electron chi connectivity index (χ1n) is 6.73. The molecule has 1 unspecified atom stereocenters. The number of nitrogens with one attached hydrogen (secondary N) is 1. The monoisotopic (exact) mass is 375 g/mol. The van der Waals surface area contributed by atoms with Gasteiger partial charge in [-0.1, -0.05) is 0 Å². The van der Waals surface area contributed by atoms with Gasteiger partial charge in [0.2, 0.25) is 0 Å². The van der Waals surface area contributed by atoms with Gasteiger partial charge in [0, 0.05) is 18.6 Å². The molecular weight excluding hydrogens is 357 g/mol. The van der Waals surface area contributed by atoms with Crippen molar-refractivity contribution in [3.63, 3.8) is 0 Å². The van der Waals surface area contributed by atoms with E-state index in [1.807, 2.05) is 20.8 Å². The quantitative estimate of drug-likeness (QED) is 0.801. The van der Waals surface area contributed by atoms with Crippen LogP contribution in [-0.2, 0) is 9.53 Å². The van der Waals surface area contributed by atoms with Gasteiger partial charge in [-0.15, -0.1) is 0 Å². The largest absolute Gasteiger partial charge is 0.480 e. The maximum Gasteiger partial charge on any atom is 0.326 e. The molecule has 1 aromatic carbocycles. The molecule has 2 N–H and O–H groups in total. The Labute approximate surface area is 137 Å². The molecule has 0 saturated carbocycles. The summed E-state index contributed by atoms with van der Waals surface area (Å²) in [6.45, 7) is 5.75. The molecule has 1 atom stereocenters. The van der Waals surface area contributed by atoms with E-state index in [0.29, 0.717) is 0 Å². The Hall–Kier alpha value is -1.47. The Morgan fingerprint density at radius 1 is 1.41 bits per heavy atom. The average Bonchev–Trinajstić information content (AvgIpc) is 2.39. The lowest BCUT2D eigenvalue weighted by Gasteiger charge is -2.21. The van der Waals surface area contributed by atoms with E-state index in [9.17, 15) is 14.0 Å². The van der Waals surface area contributed by atoms with Crippen LogP contribution in [-0.4, -0.2) is 35.2 Å². The molecule has 0 aliphatic carbocycles. The number of hydrogen-bond donors (Lipinski definition) is 2. The minimum atomic E-state index is -1.16. The van der Waals surface area contributed by atoms with Gasteiger partial charge in [0.25, 0.3) is 5.91 Å². The van der Waals surface area contributed by atoms with Gasteiger partial charge in [0.05, 0.1) is 10.1 Å². The van der Waals surface area contributed by atoms with Crippen LogP contribution in [0.3, 0.4) is 0 Å². The maximum absolute atomic E-state index is 13.4. The fourth-order valence-electron chi connectivity index (χ4n) is 1.62. The number of ether oxygens (including phenoxy) is 1. The van der Waals surface area contributed by atoms with Crippen LogP contribution in [0.25, 0.3) is 0 Å². The van der Waals surface area contributed by atoms with E-state index in [0.717, 1.165) is 6.07 Å². The standard InChI is InChI=1S/C15H19BrFNO4/c1-15(2,3)22-7-6-12(14(20)21)18-13(19)9-4-5-10(16)11(17)8-9/h4-5,8,12H,6-7H2,1-3H3,(H,18,19)(H,20,21). The fourth-order valence-corrected chi connectivity index (χ4v) is 1.87. The van der Waals surface area contributed by atoms with Gasteiger partial charge in [0.15, 0.2) is 0 Å². The van der Waals surface area contributed by atoms with Crippen LogP contribution in [0.1, 0.15) is 37.6 Å². The topological polar surface area (TPSA) is 75.6 Å². The second kappa shape index (κ2) is 7.69. The van der Waals surface area contributed by atoms with Gasteiger partial charge in [-0.05, 0) is 54.9 Å². The summed E-state index contributed by atoms with van der Waals surface area (Å²) in [5.41, 5.74) is -0.328. The van der Waals surface area contributed by atoms with Crippen LogP contribution < -0.4 is 5.32 Å². The lowest BCUT2D eigenvalue weighted by molar-refractivity contribution is -0.140. The van der Waals surface area contributed by atoms with Crippen LogP contribution in [0.2, 0.25) is 0 Å². The molecule has 0 radical (unpaired) electrons. The number of hydrogen-bond acceptors (Lipinski definition) is 3. The lowest BCUT2D eigenvalue weighted by Crippen LogP contribution is -2.42. The van der Waals surface area contributed by atoms with Crippen molar-refractivity contribution >= 4 is 27.8 Å². The molecule has 0 aromatic heterocycles. The summed E-state index contributed by atoms with van der Waals surface area (Å²) in [5, 5.41) is 11.5. The Kier molecular flexibility index (Phi) is 6.49. The summed E-state index contributed by atoms with van der Waals surface area (Å²) in [5.74, 6) is -2.39. The van der Waals surface area contributed by atoms with Gasteiger partial charge in [-0.25, -0.2) is 9.18 Å².